The standard InChI is InChI=1S/C18H18N4O2/c23-16-13-6-1-2-7-14(13)20-18(21-16)9-5-11-22(12-18)17(24)15-8-3-4-10-19-15/h1-4,6-8,10,20H,5,9,11-12H2,(H,21,23)/t18-/m1/s1. The number of aromatic nitrogens is 1. The fraction of sp³-hybridized carbons (Fsp3) is 0.278. The van der Waals surface area contributed by atoms with Gasteiger partial charge in [0.1, 0.15) is 11.4 Å². The second-order valence-corrected chi connectivity index (χ2v) is 6.25. The van der Waals surface area contributed by atoms with E-state index >= 15 is 0 Å². The molecule has 0 radical (unpaired) electrons. The third-order valence-corrected chi connectivity index (χ3v) is 4.56. The van der Waals surface area contributed by atoms with E-state index in [9.17, 15) is 9.59 Å². The van der Waals surface area contributed by atoms with Crippen LogP contribution < -0.4 is 10.6 Å². The largest absolute Gasteiger partial charge is 0.361 e. The highest BCUT2D eigenvalue weighted by atomic mass is 16.2. The van der Waals surface area contributed by atoms with E-state index in [4.69, 9.17) is 0 Å². The Morgan fingerprint density at radius 3 is 2.79 bits per heavy atom. The summed E-state index contributed by atoms with van der Waals surface area (Å²) in [5, 5.41) is 6.49. The highest BCUT2D eigenvalue weighted by Gasteiger charge is 2.42. The second-order valence-electron chi connectivity index (χ2n) is 6.25. The van der Waals surface area contributed by atoms with Gasteiger partial charge in [0, 0.05) is 18.4 Å². The predicted molar refractivity (Wildman–Crippen MR) is 89.6 cm³/mol. The molecule has 1 spiro atoms. The maximum Gasteiger partial charge on any atom is 0.272 e. The first-order valence-corrected chi connectivity index (χ1v) is 8.07. The lowest BCUT2D eigenvalue weighted by Crippen LogP contribution is -2.66. The van der Waals surface area contributed by atoms with Crippen molar-refractivity contribution >= 4 is 17.5 Å². The molecule has 2 amide bonds. The Hall–Kier alpha value is -2.89. The van der Waals surface area contributed by atoms with Crippen molar-refractivity contribution in [2.24, 2.45) is 0 Å². The molecule has 1 atom stereocenters. The van der Waals surface area contributed by atoms with Gasteiger partial charge in [0.05, 0.1) is 12.1 Å². The Morgan fingerprint density at radius 2 is 1.96 bits per heavy atom. The fourth-order valence-corrected chi connectivity index (χ4v) is 3.45. The van der Waals surface area contributed by atoms with Crippen LogP contribution in [0.2, 0.25) is 0 Å². The van der Waals surface area contributed by atoms with Crippen molar-refractivity contribution in [2.45, 2.75) is 18.5 Å². The quantitative estimate of drug-likeness (QED) is 0.840. The molecule has 1 aromatic carbocycles. The maximum atomic E-state index is 12.7. The lowest BCUT2D eigenvalue weighted by atomic mass is 9.93. The molecule has 1 fully saturated rings. The van der Waals surface area contributed by atoms with Crippen LogP contribution in [0.1, 0.15) is 33.7 Å². The molecule has 2 aromatic rings. The van der Waals surface area contributed by atoms with Crippen molar-refractivity contribution in [3.63, 3.8) is 0 Å². The van der Waals surface area contributed by atoms with Crippen LogP contribution in [-0.2, 0) is 0 Å². The van der Waals surface area contributed by atoms with E-state index in [0.717, 1.165) is 18.5 Å². The molecule has 0 bridgehead atoms. The smallest absolute Gasteiger partial charge is 0.272 e. The number of benzene rings is 1. The average Bonchev–Trinajstić information content (AvgIpc) is 2.62. The lowest BCUT2D eigenvalue weighted by molar-refractivity contribution is 0.0588. The van der Waals surface area contributed by atoms with Gasteiger partial charge in [-0.15, -0.1) is 0 Å². The fourth-order valence-electron chi connectivity index (χ4n) is 3.45. The number of para-hydroxylation sites is 1. The maximum absolute atomic E-state index is 12.7. The number of fused-ring (bicyclic) bond motifs is 1. The Kier molecular flexibility index (Phi) is 3.45. The Labute approximate surface area is 139 Å². The van der Waals surface area contributed by atoms with Crippen LogP contribution in [0.4, 0.5) is 5.69 Å². The van der Waals surface area contributed by atoms with E-state index in [2.05, 4.69) is 15.6 Å². The molecule has 3 heterocycles. The van der Waals surface area contributed by atoms with Crippen LogP contribution in [0.15, 0.2) is 48.7 Å². The summed E-state index contributed by atoms with van der Waals surface area (Å²) in [6.07, 6.45) is 3.21. The minimum atomic E-state index is -0.617. The molecule has 0 aliphatic carbocycles. The number of amides is 2. The molecule has 2 aliphatic heterocycles. The van der Waals surface area contributed by atoms with Gasteiger partial charge < -0.3 is 15.5 Å². The summed E-state index contributed by atoms with van der Waals surface area (Å²) < 4.78 is 0. The lowest BCUT2D eigenvalue weighted by Gasteiger charge is -2.46. The minimum Gasteiger partial charge on any atom is -0.361 e. The van der Waals surface area contributed by atoms with E-state index in [0.29, 0.717) is 24.3 Å². The van der Waals surface area contributed by atoms with Crippen molar-refractivity contribution in [2.75, 3.05) is 18.4 Å². The molecule has 1 aromatic heterocycles. The predicted octanol–water partition coefficient (Wildman–Crippen LogP) is 1.87. The summed E-state index contributed by atoms with van der Waals surface area (Å²) in [4.78, 5) is 31.0. The minimum absolute atomic E-state index is 0.100. The summed E-state index contributed by atoms with van der Waals surface area (Å²) in [7, 11) is 0. The highest BCUT2D eigenvalue weighted by molar-refractivity contribution is 6.02. The molecule has 4 rings (SSSR count). The third-order valence-electron chi connectivity index (χ3n) is 4.56. The average molecular weight is 322 g/mol. The van der Waals surface area contributed by atoms with E-state index in [1.807, 2.05) is 18.2 Å². The van der Waals surface area contributed by atoms with Gasteiger partial charge >= 0.3 is 0 Å². The molecular formula is C18H18N4O2. The van der Waals surface area contributed by atoms with E-state index in [-0.39, 0.29) is 11.8 Å². The van der Waals surface area contributed by atoms with Gasteiger partial charge in [-0.3, -0.25) is 14.6 Å². The summed E-state index contributed by atoms with van der Waals surface area (Å²) in [5.74, 6) is -0.207. The number of pyridine rings is 1. The van der Waals surface area contributed by atoms with E-state index in [1.165, 1.54) is 0 Å². The van der Waals surface area contributed by atoms with Crippen LogP contribution in [-0.4, -0.2) is 40.5 Å². The zero-order valence-electron chi connectivity index (χ0n) is 13.2. The number of carbonyl (C=O) groups excluding carboxylic acids is 2. The summed E-state index contributed by atoms with van der Waals surface area (Å²) >= 11 is 0. The van der Waals surface area contributed by atoms with Crippen LogP contribution in [0.3, 0.4) is 0 Å². The topological polar surface area (TPSA) is 74.3 Å². The molecule has 24 heavy (non-hydrogen) atoms. The molecule has 2 aliphatic rings. The Morgan fingerprint density at radius 1 is 1.12 bits per heavy atom. The third kappa shape index (κ3) is 2.50. The molecular weight excluding hydrogens is 304 g/mol. The van der Waals surface area contributed by atoms with Gasteiger partial charge in [0.15, 0.2) is 0 Å². The van der Waals surface area contributed by atoms with Crippen LogP contribution in [0.5, 0.6) is 0 Å². The number of rotatable bonds is 1. The number of likely N-dealkylation sites (tertiary alicyclic amines) is 1. The number of piperidine rings is 1. The van der Waals surface area contributed by atoms with Gasteiger partial charge in [-0.05, 0) is 37.1 Å². The van der Waals surface area contributed by atoms with Crippen molar-refractivity contribution in [1.82, 2.24) is 15.2 Å². The highest BCUT2D eigenvalue weighted by Crippen LogP contribution is 2.30. The zero-order valence-corrected chi connectivity index (χ0v) is 13.2. The Balaban J connectivity index is 1.59. The van der Waals surface area contributed by atoms with Gasteiger partial charge in [-0.2, -0.15) is 0 Å². The molecule has 2 N–H and O–H groups in total. The first-order valence-electron chi connectivity index (χ1n) is 8.07. The number of hydrogen-bond donors (Lipinski definition) is 2. The zero-order chi connectivity index (χ0) is 16.6. The monoisotopic (exact) mass is 322 g/mol. The van der Waals surface area contributed by atoms with Crippen molar-refractivity contribution < 1.29 is 9.59 Å². The van der Waals surface area contributed by atoms with Gasteiger partial charge in [-0.1, -0.05) is 18.2 Å². The number of nitrogens with one attached hydrogen (secondary N) is 2. The summed E-state index contributed by atoms with van der Waals surface area (Å²) in [6, 6.07) is 12.7. The first kappa shape index (κ1) is 14.7. The normalized spacial score (nSPS) is 22.5. The van der Waals surface area contributed by atoms with Crippen molar-refractivity contribution in [1.29, 1.82) is 0 Å². The van der Waals surface area contributed by atoms with Gasteiger partial charge in [0.25, 0.3) is 11.8 Å². The molecule has 6 heteroatoms. The van der Waals surface area contributed by atoms with Gasteiger partial charge in [0.2, 0.25) is 0 Å². The summed E-state index contributed by atoms with van der Waals surface area (Å²) in [5.41, 5.74) is 1.26. The Bertz CT molecular complexity index is 793. The van der Waals surface area contributed by atoms with Crippen LogP contribution in [0, 0.1) is 0 Å². The number of nitrogens with zero attached hydrogens (tertiary/aromatic N) is 2. The van der Waals surface area contributed by atoms with Crippen molar-refractivity contribution in [3.8, 4) is 0 Å². The number of hydrogen-bond acceptors (Lipinski definition) is 4. The first-order chi connectivity index (χ1) is 11.7. The molecule has 1 saturated heterocycles. The SMILES string of the molecule is O=C1N[C@@]2(CCCN(C(=O)c3ccccn3)C2)Nc2ccccc21. The van der Waals surface area contributed by atoms with Gasteiger partial charge in [-0.25, -0.2) is 0 Å². The molecule has 0 saturated carbocycles. The molecule has 122 valence electrons. The van der Waals surface area contributed by atoms with E-state index in [1.54, 1.807) is 35.4 Å². The second kappa shape index (κ2) is 5.63. The molecule has 0 unspecified atom stereocenters. The number of anilines is 1. The molecule has 6 nitrogen and oxygen atoms in total. The summed E-state index contributed by atoms with van der Waals surface area (Å²) in [6.45, 7) is 1.08. The van der Waals surface area contributed by atoms with Crippen LogP contribution in [0.25, 0.3) is 0 Å². The van der Waals surface area contributed by atoms with E-state index < -0.39 is 5.66 Å². The number of carbonyl (C=O) groups is 2. The van der Waals surface area contributed by atoms with Crippen LogP contribution >= 0.6 is 0 Å². The van der Waals surface area contributed by atoms with Crippen molar-refractivity contribution in [3.05, 3.63) is 59.9 Å².